The maximum atomic E-state index is 13.3. The highest BCUT2D eigenvalue weighted by molar-refractivity contribution is 5.95. The Morgan fingerprint density at radius 3 is 2.70 bits per heavy atom. The van der Waals surface area contributed by atoms with Gasteiger partial charge in [0.05, 0.1) is 7.11 Å². The minimum Gasteiger partial charge on any atom is -0.497 e. The Hall–Kier alpha value is -2.12. The first kappa shape index (κ1) is 22.6. The van der Waals surface area contributed by atoms with Gasteiger partial charge in [0.2, 0.25) is 5.91 Å². The van der Waals surface area contributed by atoms with Gasteiger partial charge in [-0.2, -0.15) is 0 Å². The van der Waals surface area contributed by atoms with Crippen LogP contribution in [0.4, 0.5) is 0 Å². The Balaban J connectivity index is 1.65. The number of hydrogen-bond donors (Lipinski definition) is 1. The standard InChI is InChI=1S/C23H36N4O3/c1-19-6-3-4-12-25(19)16-17-27(13-9-22(28)26-14-10-24-11-15-26)23(29)20-7-5-8-21(18-20)30-2/h5,7-8,18-19,24H,3-4,6,9-17H2,1-2H3/t19-/m1/s1. The number of carbonyl (C=O) groups is 2. The number of carbonyl (C=O) groups excluding carboxylic acids is 2. The van der Waals surface area contributed by atoms with E-state index in [0.717, 1.165) is 39.3 Å². The van der Waals surface area contributed by atoms with E-state index in [4.69, 9.17) is 4.74 Å². The van der Waals surface area contributed by atoms with Gasteiger partial charge < -0.3 is 19.9 Å². The average Bonchev–Trinajstić information content (AvgIpc) is 2.80. The highest BCUT2D eigenvalue weighted by Crippen LogP contribution is 2.18. The van der Waals surface area contributed by atoms with Crippen molar-refractivity contribution < 1.29 is 14.3 Å². The lowest BCUT2D eigenvalue weighted by Gasteiger charge is -2.35. The molecule has 166 valence electrons. The van der Waals surface area contributed by atoms with Crippen molar-refractivity contribution in [1.82, 2.24) is 20.0 Å². The van der Waals surface area contributed by atoms with Gasteiger partial charge in [-0.3, -0.25) is 14.5 Å². The zero-order valence-corrected chi connectivity index (χ0v) is 18.4. The van der Waals surface area contributed by atoms with Gasteiger partial charge in [0, 0.05) is 63.8 Å². The molecule has 0 aromatic heterocycles. The summed E-state index contributed by atoms with van der Waals surface area (Å²) >= 11 is 0. The minimum atomic E-state index is -0.0355. The van der Waals surface area contributed by atoms with Crippen LogP contribution in [0.15, 0.2) is 24.3 Å². The molecule has 0 radical (unpaired) electrons. The highest BCUT2D eigenvalue weighted by atomic mass is 16.5. The number of ether oxygens (including phenoxy) is 1. The number of amides is 2. The van der Waals surface area contributed by atoms with Crippen LogP contribution in [0.2, 0.25) is 0 Å². The first-order valence-corrected chi connectivity index (χ1v) is 11.2. The molecule has 7 heteroatoms. The van der Waals surface area contributed by atoms with Crippen LogP contribution in [0.1, 0.15) is 43.0 Å². The molecule has 7 nitrogen and oxygen atoms in total. The number of methoxy groups -OCH3 is 1. The van der Waals surface area contributed by atoms with Crippen LogP contribution in [0.25, 0.3) is 0 Å². The van der Waals surface area contributed by atoms with Crippen LogP contribution in [0.5, 0.6) is 5.75 Å². The molecule has 0 bridgehead atoms. The zero-order chi connectivity index (χ0) is 21.3. The van der Waals surface area contributed by atoms with Crippen LogP contribution in [0.3, 0.4) is 0 Å². The molecule has 0 unspecified atom stereocenters. The van der Waals surface area contributed by atoms with Gasteiger partial charge in [-0.1, -0.05) is 12.5 Å². The van der Waals surface area contributed by atoms with Crippen molar-refractivity contribution in [1.29, 1.82) is 0 Å². The van der Waals surface area contributed by atoms with E-state index in [1.165, 1.54) is 19.3 Å². The first-order chi connectivity index (χ1) is 14.6. The van der Waals surface area contributed by atoms with E-state index >= 15 is 0 Å². The van der Waals surface area contributed by atoms with Gasteiger partial charge in [-0.15, -0.1) is 0 Å². The van der Waals surface area contributed by atoms with Crippen molar-refractivity contribution in [2.24, 2.45) is 0 Å². The quantitative estimate of drug-likeness (QED) is 0.701. The molecule has 1 atom stereocenters. The molecule has 1 N–H and O–H groups in total. The van der Waals surface area contributed by atoms with E-state index < -0.39 is 0 Å². The zero-order valence-electron chi connectivity index (χ0n) is 18.4. The summed E-state index contributed by atoms with van der Waals surface area (Å²) in [6, 6.07) is 7.82. The highest BCUT2D eigenvalue weighted by Gasteiger charge is 2.23. The minimum absolute atomic E-state index is 0.0355. The Morgan fingerprint density at radius 2 is 1.97 bits per heavy atom. The van der Waals surface area contributed by atoms with Crippen molar-refractivity contribution in [3.63, 3.8) is 0 Å². The summed E-state index contributed by atoms with van der Waals surface area (Å²) in [4.78, 5) is 32.1. The topological polar surface area (TPSA) is 65.1 Å². The van der Waals surface area contributed by atoms with Gasteiger partial charge in [0.15, 0.2) is 0 Å². The smallest absolute Gasteiger partial charge is 0.254 e. The third-order valence-corrected chi connectivity index (χ3v) is 6.27. The number of benzene rings is 1. The van der Waals surface area contributed by atoms with Gasteiger partial charge in [-0.25, -0.2) is 0 Å². The van der Waals surface area contributed by atoms with Crippen LogP contribution in [-0.4, -0.2) is 92.0 Å². The number of hydrogen-bond acceptors (Lipinski definition) is 5. The van der Waals surface area contributed by atoms with Gasteiger partial charge in [0.25, 0.3) is 5.91 Å². The summed E-state index contributed by atoms with van der Waals surface area (Å²) in [6.45, 7) is 8.44. The Labute approximate surface area is 180 Å². The van der Waals surface area contributed by atoms with Crippen LogP contribution >= 0.6 is 0 Å². The maximum Gasteiger partial charge on any atom is 0.254 e. The van der Waals surface area contributed by atoms with Crippen molar-refractivity contribution in [3.05, 3.63) is 29.8 Å². The molecule has 1 aromatic rings. The van der Waals surface area contributed by atoms with Crippen LogP contribution < -0.4 is 10.1 Å². The lowest BCUT2D eigenvalue weighted by atomic mass is 10.0. The van der Waals surface area contributed by atoms with E-state index in [1.807, 2.05) is 28.0 Å². The molecule has 30 heavy (non-hydrogen) atoms. The lowest BCUT2D eigenvalue weighted by Crippen LogP contribution is -2.48. The maximum absolute atomic E-state index is 13.3. The Morgan fingerprint density at radius 1 is 1.17 bits per heavy atom. The number of nitrogens with zero attached hydrogens (tertiary/aromatic N) is 3. The molecule has 0 aliphatic carbocycles. The summed E-state index contributed by atoms with van der Waals surface area (Å²) in [6.07, 6.45) is 4.08. The molecular formula is C23H36N4O3. The monoisotopic (exact) mass is 416 g/mol. The number of piperazine rings is 1. The normalized spacial score (nSPS) is 20.1. The summed E-state index contributed by atoms with van der Waals surface area (Å²) in [5.41, 5.74) is 0.607. The third kappa shape index (κ3) is 6.19. The molecule has 2 heterocycles. The predicted molar refractivity (Wildman–Crippen MR) is 118 cm³/mol. The van der Waals surface area contributed by atoms with E-state index in [0.29, 0.717) is 36.9 Å². The van der Waals surface area contributed by atoms with Crippen LogP contribution in [-0.2, 0) is 4.79 Å². The molecule has 2 saturated heterocycles. The Kier molecular flexibility index (Phi) is 8.51. The van der Waals surface area contributed by atoms with Crippen LogP contribution in [0, 0.1) is 0 Å². The molecule has 3 rings (SSSR count). The van der Waals surface area contributed by atoms with E-state index in [-0.39, 0.29) is 11.8 Å². The first-order valence-electron chi connectivity index (χ1n) is 11.2. The fraction of sp³-hybridized carbons (Fsp3) is 0.652. The molecule has 1 aromatic carbocycles. The van der Waals surface area contributed by atoms with Gasteiger partial charge in [0.1, 0.15) is 5.75 Å². The van der Waals surface area contributed by atoms with E-state index in [2.05, 4.69) is 17.1 Å². The summed E-state index contributed by atoms with van der Waals surface area (Å²) in [7, 11) is 1.60. The molecule has 0 saturated carbocycles. The van der Waals surface area contributed by atoms with Crippen molar-refractivity contribution in [3.8, 4) is 5.75 Å². The average molecular weight is 417 g/mol. The van der Waals surface area contributed by atoms with Gasteiger partial charge in [-0.05, 0) is 44.5 Å². The largest absolute Gasteiger partial charge is 0.497 e. The molecular weight excluding hydrogens is 380 g/mol. The van der Waals surface area contributed by atoms with E-state index in [9.17, 15) is 9.59 Å². The fourth-order valence-electron chi connectivity index (χ4n) is 4.30. The summed E-state index contributed by atoms with van der Waals surface area (Å²) < 4.78 is 5.29. The predicted octanol–water partition coefficient (Wildman–Crippen LogP) is 1.83. The second-order valence-electron chi connectivity index (χ2n) is 8.29. The molecule has 0 spiro atoms. The van der Waals surface area contributed by atoms with Crippen molar-refractivity contribution in [2.45, 2.75) is 38.6 Å². The molecule has 2 fully saturated rings. The summed E-state index contributed by atoms with van der Waals surface area (Å²) in [5, 5.41) is 3.27. The molecule has 2 aliphatic rings. The third-order valence-electron chi connectivity index (χ3n) is 6.27. The van der Waals surface area contributed by atoms with E-state index in [1.54, 1.807) is 13.2 Å². The Bertz CT molecular complexity index is 705. The summed E-state index contributed by atoms with van der Waals surface area (Å²) in [5.74, 6) is 0.764. The number of nitrogens with one attached hydrogen (secondary N) is 1. The number of rotatable bonds is 8. The molecule has 2 amide bonds. The second-order valence-corrected chi connectivity index (χ2v) is 8.29. The van der Waals surface area contributed by atoms with Crippen molar-refractivity contribution >= 4 is 11.8 Å². The number of piperidine rings is 1. The molecule has 2 aliphatic heterocycles. The second kappa shape index (κ2) is 11.3. The fourth-order valence-corrected chi connectivity index (χ4v) is 4.30. The van der Waals surface area contributed by atoms with Crippen molar-refractivity contribution in [2.75, 3.05) is 59.5 Å². The number of likely N-dealkylation sites (tertiary alicyclic amines) is 1. The van der Waals surface area contributed by atoms with Gasteiger partial charge >= 0.3 is 0 Å². The lowest BCUT2D eigenvalue weighted by molar-refractivity contribution is -0.131. The SMILES string of the molecule is COc1cccc(C(=O)N(CCC(=O)N2CCNCC2)CCN2CCCC[C@H]2C)c1.